The molecule has 1 fully saturated rings. The van der Waals surface area contributed by atoms with Gasteiger partial charge in [0.1, 0.15) is 11.7 Å². The summed E-state index contributed by atoms with van der Waals surface area (Å²) in [5, 5.41) is 8.96. The number of carbonyl (C=O) groups is 2. The van der Waals surface area contributed by atoms with Crippen LogP contribution in [0.15, 0.2) is 12.5 Å². The van der Waals surface area contributed by atoms with E-state index in [0.717, 1.165) is 0 Å². The summed E-state index contributed by atoms with van der Waals surface area (Å²) in [5.41, 5.74) is 0.408. The fourth-order valence-electron chi connectivity index (χ4n) is 1.84. The number of carboxylic acid groups (broad SMARTS) is 1. The molecular weight excluding hydrogens is 242 g/mol. The van der Waals surface area contributed by atoms with E-state index in [0.29, 0.717) is 11.4 Å². The number of thioether (sulfide) groups is 1. The number of aryl methyl sites for hydroxylation is 1. The van der Waals surface area contributed by atoms with Gasteiger partial charge in [-0.25, -0.2) is 9.78 Å². The fraction of sp³-hybridized carbons (Fsp3) is 0.500. The summed E-state index contributed by atoms with van der Waals surface area (Å²) in [5.74, 6) is -0.813. The minimum absolute atomic E-state index is 0.126. The number of aromatic nitrogens is 2. The Morgan fingerprint density at radius 2 is 2.29 bits per heavy atom. The molecule has 2 rings (SSSR count). The lowest BCUT2D eigenvalue weighted by molar-refractivity contribution is -0.141. The van der Waals surface area contributed by atoms with Gasteiger partial charge in [0, 0.05) is 12.8 Å². The van der Waals surface area contributed by atoms with E-state index >= 15 is 0 Å². The van der Waals surface area contributed by atoms with Crippen LogP contribution in [0.25, 0.3) is 0 Å². The second-order valence-electron chi connectivity index (χ2n) is 3.89. The molecule has 0 aromatic carbocycles. The van der Waals surface area contributed by atoms with E-state index in [4.69, 9.17) is 5.11 Å². The van der Waals surface area contributed by atoms with Crippen molar-refractivity contribution in [1.29, 1.82) is 0 Å². The van der Waals surface area contributed by atoms with Gasteiger partial charge in [0.05, 0.1) is 17.9 Å². The van der Waals surface area contributed by atoms with Crippen molar-refractivity contribution < 1.29 is 14.7 Å². The molecule has 1 saturated heterocycles. The van der Waals surface area contributed by atoms with Gasteiger partial charge in [0.2, 0.25) is 0 Å². The van der Waals surface area contributed by atoms with Gasteiger partial charge in [-0.1, -0.05) is 0 Å². The molecule has 0 bridgehead atoms. The predicted octanol–water partition coefficient (Wildman–Crippen LogP) is 0.408. The fourth-order valence-corrected chi connectivity index (χ4v) is 3.00. The van der Waals surface area contributed by atoms with Gasteiger partial charge in [-0.2, -0.15) is 0 Å². The Kier molecular flexibility index (Phi) is 3.10. The summed E-state index contributed by atoms with van der Waals surface area (Å²) in [4.78, 5) is 28.6. The van der Waals surface area contributed by atoms with Crippen LogP contribution in [0.3, 0.4) is 0 Å². The van der Waals surface area contributed by atoms with Crippen molar-refractivity contribution in [3.63, 3.8) is 0 Å². The maximum absolute atomic E-state index is 12.2. The monoisotopic (exact) mass is 255 g/mol. The van der Waals surface area contributed by atoms with Crippen LogP contribution >= 0.6 is 11.8 Å². The number of imidazole rings is 1. The molecular formula is C10H13N3O3S. The van der Waals surface area contributed by atoms with Gasteiger partial charge >= 0.3 is 5.97 Å². The Morgan fingerprint density at radius 1 is 1.59 bits per heavy atom. The van der Waals surface area contributed by atoms with Gasteiger partial charge in [0.15, 0.2) is 0 Å². The number of aliphatic carboxylic acids is 1. The van der Waals surface area contributed by atoms with E-state index in [-0.39, 0.29) is 11.3 Å². The highest BCUT2D eigenvalue weighted by Gasteiger charge is 2.40. The smallest absolute Gasteiger partial charge is 0.327 e. The van der Waals surface area contributed by atoms with Crippen LogP contribution in [0.5, 0.6) is 0 Å². The molecule has 7 heteroatoms. The highest BCUT2D eigenvalue weighted by molar-refractivity contribution is 8.00. The average Bonchev–Trinajstić information content (AvgIpc) is 2.83. The Bertz CT molecular complexity index is 459. The first-order valence-electron chi connectivity index (χ1n) is 5.15. The second kappa shape index (κ2) is 4.40. The molecule has 0 saturated carbocycles. The number of carbonyl (C=O) groups excluding carboxylic acids is 1. The normalized spacial score (nSPS) is 24.0. The maximum Gasteiger partial charge on any atom is 0.327 e. The van der Waals surface area contributed by atoms with E-state index in [2.05, 4.69) is 4.98 Å². The van der Waals surface area contributed by atoms with Crippen molar-refractivity contribution in [1.82, 2.24) is 14.5 Å². The van der Waals surface area contributed by atoms with E-state index in [1.807, 2.05) is 6.92 Å². The zero-order valence-electron chi connectivity index (χ0n) is 9.53. The number of hydrogen-bond acceptors (Lipinski definition) is 4. The van der Waals surface area contributed by atoms with Crippen molar-refractivity contribution in [3.8, 4) is 0 Å². The van der Waals surface area contributed by atoms with Gasteiger partial charge in [-0.3, -0.25) is 4.79 Å². The first-order chi connectivity index (χ1) is 8.02. The third-order valence-electron chi connectivity index (χ3n) is 2.78. The van der Waals surface area contributed by atoms with Crippen molar-refractivity contribution in [2.75, 3.05) is 5.75 Å². The Balaban J connectivity index is 2.29. The topological polar surface area (TPSA) is 75.4 Å². The third kappa shape index (κ3) is 2.02. The van der Waals surface area contributed by atoms with E-state index < -0.39 is 12.0 Å². The maximum atomic E-state index is 12.2. The molecule has 92 valence electrons. The van der Waals surface area contributed by atoms with E-state index in [1.165, 1.54) is 29.2 Å². The Morgan fingerprint density at radius 3 is 2.82 bits per heavy atom. The van der Waals surface area contributed by atoms with Crippen LogP contribution in [0.4, 0.5) is 0 Å². The quantitative estimate of drug-likeness (QED) is 0.828. The molecule has 1 amide bonds. The Hall–Kier alpha value is -1.50. The van der Waals surface area contributed by atoms with Crippen molar-refractivity contribution in [2.45, 2.75) is 18.3 Å². The molecule has 0 spiro atoms. The number of nitrogens with zero attached hydrogens (tertiary/aromatic N) is 3. The Labute approximate surface area is 103 Å². The average molecular weight is 255 g/mol. The number of amides is 1. The number of rotatable bonds is 2. The lowest BCUT2D eigenvalue weighted by atomic mass is 10.2. The lowest BCUT2D eigenvalue weighted by Gasteiger charge is -2.24. The van der Waals surface area contributed by atoms with Gasteiger partial charge in [-0.15, -0.1) is 11.8 Å². The van der Waals surface area contributed by atoms with Crippen molar-refractivity contribution in [2.24, 2.45) is 7.05 Å². The molecule has 1 N–H and O–H groups in total. The molecule has 0 aliphatic carbocycles. The summed E-state index contributed by atoms with van der Waals surface area (Å²) in [6.07, 6.45) is 2.98. The molecule has 1 aromatic heterocycles. The van der Waals surface area contributed by atoms with E-state index in [1.54, 1.807) is 11.6 Å². The van der Waals surface area contributed by atoms with Gasteiger partial charge < -0.3 is 14.6 Å². The molecule has 2 heterocycles. The molecule has 17 heavy (non-hydrogen) atoms. The molecule has 1 aromatic rings. The minimum atomic E-state index is -0.961. The SMILES string of the molecule is CC1SCC(C(=O)O)N1C(=O)c1cncn1C. The molecule has 0 radical (unpaired) electrons. The highest BCUT2D eigenvalue weighted by Crippen LogP contribution is 2.30. The van der Waals surface area contributed by atoms with Gasteiger partial charge in [0.25, 0.3) is 5.91 Å². The molecule has 6 nitrogen and oxygen atoms in total. The molecule has 2 unspecified atom stereocenters. The van der Waals surface area contributed by atoms with Crippen LogP contribution in [-0.4, -0.2) is 48.6 Å². The summed E-state index contributed by atoms with van der Waals surface area (Å²) < 4.78 is 1.59. The molecule has 1 aliphatic rings. The minimum Gasteiger partial charge on any atom is -0.480 e. The zero-order valence-corrected chi connectivity index (χ0v) is 10.3. The first kappa shape index (κ1) is 12.0. The summed E-state index contributed by atoms with van der Waals surface area (Å²) >= 11 is 1.47. The number of hydrogen-bond donors (Lipinski definition) is 1. The number of carboxylic acids is 1. The van der Waals surface area contributed by atoms with Crippen molar-refractivity contribution >= 4 is 23.6 Å². The molecule has 2 atom stereocenters. The first-order valence-corrected chi connectivity index (χ1v) is 6.20. The summed E-state index contributed by atoms with van der Waals surface area (Å²) in [6.45, 7) is 1.84. The largest absolute Gasteiger partial charge is 0.480 e. The van der Waals surface area contributed by atoms with Crippen molar-refractivity contribution in [3.05, 3.63) is 18.2 Å². The lowest BCUT2D eigenvalue weighted by Crippen LogP contribution is -2.45. The molecule has 1 aliphatic heterocycles. The van der Waals surface area contributed by atoms with Crippen LogP contribution in [-0.2, 0) is 11.8 Å². The van der Waals surface area contributed by atoms with Gasteiger partial charge in [-0.05, 0) is 6.92 Å². The third-order valence-corrected chi connectivity index (χ3v) is 4.00. The summed E-state index contributed by atoms with van der Waals surface area (Å²) in [6, 6.07) is -0.752. The highest BCUT2D eigenvalue weighted by atomic mass is 32.2. The van der Waals surface area contributed by atoms with Crippen LogP contribution in [0.1, 0.15) is 17.4 Å². The van der Waals surface area contributed by atoms with Crippen LogP contribution in [0.2, 0.25) is 0 Å². The van der Waals surface area contributed by atoms with Crippen LogP contribution < -0.4 is 0 Å². The second-order valence-corrected chi connectivity index (χ2v) is 5.24. The van der Waals surface area contributed by atoms with Crippen LogP contribution in [0, 0.1) is 0 Å². The summed E-state index contributed by atoms with van der Waals surface area (Å²) in [7, 11) is 1.71. The van der Waals surface area contributed by atoms with E-state index in [9.17, 15) is 9.59 Å². The standard InChI is InChI=1S/C10H13N3O3S/c1-6-13(8(4-17-6)10(15)16)9(14)7-3-11-5-12(7)2/h3,5-6,8H,4H2,1-2H3,(H,15,16). The zero-order chi connectivity index (χ0) is 12.6. The predicted molar refractivity (Wildman–Crippen MR) is 62.7 cm³/mol.